The fraction of sp³-hybridized carbons (Fsp3) is 0.375. The second-order valence-corrected chi connectivity index (χ2v) is 13.9. The predicted octanol–water partition coefficient (Wildman–Crippen LogP) is 9.73. The van der Waals surface area contributed by atoms with Gasteiger partial charge < -0.3 is 18.9 Å². The summed E-state index contributed by atoms with van der Waals surface area (Å²) in [7, 11) is 0. The lowest BCUT2D eigenvalue weighted by molar-refractivity contribution is -0.219. The van der Waals surface area contributed by atoms with Crippen molar-refractivity contribution < 1.29 is 45.7 Å². The minimum atomic E-state index is -4.46. The topological polar surface area (TPSA) is 84.2 Å². The Morgan fingerprint density at radius 3 is 2.25 bits per heavy atom. The van der Waals surface area contributed by atoms with Crippen LogP contribution in [0.3, 0.4) is 0 Å². The highest BCUT2D eigenvalue weighted by Crippen LogP contribution is 2.42. The number of aromatic nitrogens is 3. The van der Waals surface area contributed by atoms with E-state index in [1.54, 1.807) is 94.6 Å². The molecule has 0 fully saturated rings. The molecule has 0 aliphatic carbocycles. The van der Waals surface area contributed by atoms with Crippen molar-refractivity contribution in [2.75, 3.05) is 19.8 Å². The van der Waals surface area contributed by atoms with Gasteiger partial charge in [0.1, 0.15) is 17.3 Å². The Hall–Kier alpha value is -5.04. The van der Waals surface area contributed by atoms with Gasteiger partial charge in [-0.2, -0.15) is 22.7 Å². The molecular weight excluding hydrogens is 697 g/mol. The maximum Gasteiger partial charge on any atom is 0.340 e. The zero-order valence-corrected chi connectivity index (χ0v) is 30.2. The van der Waals surface area contributed by atoms with Crippen LogP contribution in [0.1, 0.15) is 63.5 Å². The fourth-order valence-corrected chi connectivity index (χ4v) is 6.21. The minimum Gasteiger partial charge on any atom is -0.493 e. The summed E-state index contributed by atoms with van der Waals surface area (Å²) < 4.78 is 99.2. The van der Waals surface area contributed by atoms with E-state index in [0.717, 1.165) is 6.07 Å². The van der Waals surface area contributed by atoms with Gasteiger partial charge in [-0.1, -0.05) is 30.3 Å². The first-order chi connectivity index (χ1) is 25.0. The highest BCUT2D eigenvalue weighted by molar-refractivity contribution is 5.83. The number of hydrogen-bond acceptors (Lipinski definition) is 7. The molecule has 280 valence electrons. The molecule has 53 heavy (non-hydrogen) atoms. The number of aryl methyl sites for hydroxylation is 2. The van der Waals surface area contributed by atoms with Gasteiger partial charge in [0.2, 0.25) is 0 Å². The summed E-state index contributed by atoms with van der Waals surface area (Å²) in [5, 5.41) is 4.96. The zero-order valence-electron chi connectivity index (χ0n) is 30.2. The third-order valence-corrected chi connectivity index (χ3v) is 8.82. The molecule has 1 aliphatic rings. The quantitative estimate of drug-likeness (QED) is 0.134. The van der Waals surface area contributed by atoms with E-state index in [1.165, 1.54) is 12.1 Å². The lowest BCUT2D eigenvalue weighted by atomic mass is 9.97. The summed E-state index contributed by atoms with van der Waals surface area (Å²) in [5.41, 5.74) is 3.81. The number of rotatable bonds is 4. The van der Waals surface area contributed by atoms with E-state index in [-0.39, 0.29) is 18.1 Å². The lowest BCUT2D eigenvalue weighted by Gasteiger charge is -2.29. The van der Waals surface area contributed by atoms with E-state index in [2.05, 4.69) is 0 Å². The number of carbonyl (C=O) groups excluding carboxylic acids is 1. The third kappa shape index (κ3) is 7.85. The van der Waals surface area contributed by atoms with Crippen LogP contribution in [0.15, 0.2) is 66.7 Å². The molecule has 5 aromatic rings. The SMILES string of the molecule is CCOC(=O)[C@@H](OC(C)(C)C)c1c(C)nc2cc3nn2c1-c1ccc(C)c(c1)OCCC(F)(F)C(F)(F)CCOc1cc(F)ccc1-c1cccc-3c1. The maximum atomic E-state index is 15.1. The molecule has 8 nitrogen and oxygen atoms in total. The van der Waals surface area contributed by atoms with Crippen LogP contribution >= 0.6 is 0 Å². The number of esters is 1. The van der Waals surface area contributed by atoms with Crippen molar-refractivity contribution in [3.05, 3.63) is 89.4 Å². The number of ether oxygens (including phenoxy) is 4. The highest BCUT2D eigenvalue weighted by Gasteiger charge is 2.55. The minimum absolute atomic E-state index is 0.0855. The maximum absolute atomic E-state index is 15.1. The van der Waals surface area contributed by atoms with Crippen molar-refractivity contribution in [3.63, 3.8) is 0 Å². The number of benzene rings is 3. The molecule has 3 aromatic carbocycles. The van der Waals surface area contributed by atoms with Gasteiger partial charge >= 0.3 is 17.8 Å². The van der Waals surface area contributed by atoms with E-state index in [9.17, 15) is 9.18 Å². The van der Waals surface area contributed by atoms with Gasteiger partial charge in [0.25, 0.3) is 0 Å². The molecule has 13 heteroatoms. The van der Waals surface area contributed by atoms with E-state index in [4.69, 9.17) is 29.0 Å². The molecular formula is C40H40F5N3O5. The normalized spacial score (nSPS) is 16.3. The number of nitrogens with zero attached hydrogens (tertiary/aromatic N) is 3. The van der Waals surface area contributed by atoms with Gasteiger partial charge in [-0.05, 0) is 76.9 Å². The lowest BCUT2D eigenvalue weighted by Crippen LogP contribution is -2.42. The van der Waals surface area contributed by atoms with Crippen LogP contribution in [-0.2, 0) is 14.3 Å². The van der Waals surface area contributed by atoms with Gasteiger partial charge in [-0.15, -0.1) is 0 Å². The van der Waals surface area contributed by atoms with Crippen LogP contribution in [0.25, 0.3) is 39.3 Å². The summed E-state index contributed by atoms with van der Waals surface area (Å²) >= 11 is 0. The standard InChI is InChI=1S/C40H40F5N3O5/c1-7-50-37(49)36(53-38(4,5)6)34-24(3)46-33-22-30-26-10-8-9-25(19-26)29-14-13-28(41)21-32(29)52-18-16-40(44,45)39(42,43)15-17-51-31-20-27(12-11-23(31)2)35(34)48(33)47-30/h8-14,19-22,36H,7,15-18H2,1-6H3/t36-/m0/s1. The molecule has 0 saturated carbocycles. The van der Waals surface area contributed by atoms with E-state index >= 15 is 17.6 Å². The van der Waals surface area contributed by atoms with Gasteiger partial charge in [-0.25, -0.2) is 18.7 Å². The molecule has 1 aliphatic heterocycles. The fourth-order valence-electron chi connectivity index (χ4n) is 6.21. The van der Waals surface area contributed by atoms with Crippen LogP contribution in [0.5, 0.6) is 11.5 Å². The van der Waals surface area contributed by atoms with Crippen LogP contribution in [-0.4, -0.2) is 57.8 Å². The van der Waals surface area contributed by atoms with Crippen LogP contribution < -0.4 is 9.47 Å². The summed E-state index contributed by atoms with van der Waals surface area (Å²) in [6, 6.07) is 17.5. The summed E-state index contributed by atoms with van der Waals surface area (Å²) in [5.74, 6) is -10.2. The molecule has 0 amide bonds. The van der Waals surface area contributed by atoms with Crippen molar-refractivity contribution in [1.29, 1.82) is 0 Å². The van der Waals surface area contributed by atoms with Crippen molar-refractivity contribution in [2.45, 2.75) is 77.9 Å². The van der Waals surface area contributed by atoms with Crippen LogP contribution in [0.4, 0.5) is 22.0 Å². The Morgan fingerprint density at radius 2 is 1.57 bits per heavy atom. The van der Waals surface area contributed by atoms with Gasteiger partial charge in [0, 0.05) is 40.1 Å². The number of carbonyl (C=O) groups is 1. The highest BCUT2D eigenvalue weighted by atomic mass is 19.3. The Bertz CT molecular complexity index is 2160. The van der Waals surface area contributed by atoms with E-state index in [1.807, 2.05) is 0 Å². The van der Waals surface area contributed by atoms with Crippen molar-refractivity contribution >= 4 is 11.6 Å². The first-order valence-corrected chi connectivity index (χ1v) is 17.3. The summed E-state index contributed by atoms with van der Waals surface area (Å²) in [4.78, 5) is 18.4. The smallest absolute Gasteiger partial charge is 0.340 e. The van der Waals surface area contributed by atoms with Gasteiger partial charge in [0.05, 0.1) is 49.7 Å². The van der Waals surface area contributed by atoms with Gasteiger partial charge in [-0.3, -0.25) is 0 Å². The zero-order chi connectivity index (χ0) is 38.3. The van der Waals surface area contributed by atoms with Crippen molar-refractivity contribution in [3.8, 4) is 45.1 Å². The first-order valence-electron chi connectivity index (χ1n) is 17.3. The second kappa shape index (κ2) is 14.4. The van der Waals surface area contributed by atoms with Crippen LogP contribution in [0, 0.1) is 19.7 Å². The largest absolute Gasteiger partial charge is 0.493 e. The van der Waals surface area contributed by atoms with Crippen molar-refractivity contribution in [2.24, 2.45) is 0 Å². The Balaban J connectivity index is 1.62. The molecule has 3 heterocycles. The second-order valence-electron chi connectivity index (χ2n) is 13.9. The monoisotopic (exact) mass is 737 g/mol. The molecule has 0 unspecified atom stereocenters. The molecule has 0 saturated heterocycles. The van der Waals surface area contributed by atoms with Gasteiger partial charge in [0.15, 0.2) is 11.8 Å². The summed E-state index contributed by atoms with van der Waals surface area (Å²) in [6.07, 6.45) is -3.87. The Morgan fingerprint density at radius 1 is 0.887 bits per heavy atom. The predicted molar refractivity (Wildman–Crippen MR) is 189 cm³/mol. The number of halogens is 5. The number of fused-ring (bicyclic) bond motifs is 9. The molecule has 0 N–H and O–H groups in total. The molecule has 2 aromatic heterocycles. The average molecular weight is 738 g/mol. The van der Waals surface area contributed by atoms with Crippen LogP contribution in [0.2, 0.25) is 0 Å². The van der Waals surface area contributed by atoms with Crippen molar-refractivity contribution in [1.82, 2.24) is 14.6 Å². The Labute approximate surface area is 303 Å². The first kappa shape index (κ1) is 37.7. The molecule has 6 bridgehead atoms. The molecule has 6 rings (SSSR count). The number of hydrogen-bond donors (Lipinski definition) is 0. The number of alkyl halides is 4. The molecule has 0 spiro atoms. The van der Waals surface area contributed by atoms with E-state index in [0.29, 0.717) is 56.1 Å². The van der Waals surface area contributed by atoms with E-state index < -0.39 is 61.4 Å². The summed E-state index contributed by atoms with van der Waals surface area (Å²) in [6.45, 7) is 9.06. The average Bonchev–Trinajstić information content (AvgIpc) is 3.50. The molecule has 0 radical (unpaired) electrons. The third-order valence-electron chi connectivity index (χ3n) is 8.82. The Kier molecular flexibility index (Phi) is 10.3. The molecule has 1 atom stereocenters.